The van der Waals surface area contributed by atoms with Crippen molar-refractivity contribution in [1.82, 2.24) is 9.97 Å². The van der Waals surface area contributed by atoms with Gasteiger partial charge in [0.1, 0.15) is 6.33 Å². The number of rotatable bonds is 6. The lowest BCUT2D eigenvalue weighted by Crippen LogP contribution is -2.20. The molecule has 166 valence electrons. The average molecular weight is 479 g/mol. The van der Waals surface area contributed by atoms with Gasteiger partial charge in [-0.15, -0.1) is 0 Å². The number of aliphatic imine (C=N–C) groups is 1. The maximum Gasteiger partial charge on any atom is 0.399 e. The van der Waals surface area contributed by atoms with Crippen LogP contribution in [0.2, 0.25) is 10.0 Å². The molecule has 4 nitrogen and oxygen atoms in total. The van der Waals surface area contributed by atoms with E-state index >= 15 is 0 Å². The first-order valence-electron chi connectivity index (χ1n) is 9.41. The maximum absolute atomic E-state index is 13.6. The van der Waals surface area contributed by atoms with Gasteiger partial charge < -0.3 is 5.11 Å². The van der Waals surface area contributed by atoms with E-state index in [-0.39, 0.29) is 22.2 Å². The van der Waals surface area contributed by atoms with Crippen LogP contribution in [0.15, 0.2) is 66.2 Å². The van der Waals surface area contributed by atoms with Crippen molar-refractivity contribution in [3.8, 4) is 0 Å². The first kappa shape index (κ1) is 23.8. The molecule has 0 aliphatic carbocycles. The summed E-state index contributed by atoms with van der Waals surface area (Å²) in [4.78, 5) is 11.7. The lowest BCUT2D eigenvalue weighted by molar-refractivity contribution is -0.213. The summed E-state index contributed by atoms with van der Waals surface area (Å²) >= 11 is 11.7. The molecule has 3 rings (SSSR count). The highest BCUT2D eigenvalue weighted by molar-refractivity contribution is 6.34. The number of benzene rings is 2. The van der Waals surface area contributed by atoms with Crippen LogP contribution < -0.4 is 5.11 Å². The molecular weight excluding hydrogens is 462 g/mol. The van der Waals surface area contributed by atoms with Crippen LogP contribution in [0.1, 0.15) is 33.7 Å². The molecule has 3 aromatic rings. The van der Waals surface area contributed by atoms with Gasteiger partial charge in [0.05, 0.1) is 12.5 Å². The predicted molar refractivity (Wildman–Crippen MR) is 118 cm³/mol. The molecule has 2 aromatic carbocycles. The van der Waals surface area contributed by atoms with Gasteiger partial charge in [0, 0.05) is 28.0 Å². The fraction of sp³-hybridized carbons (Fsp3) is 0.174. The van der Waals surface area contributed by atoms with Crippen LogP contribution in [0.3, 0.4) is 0 Å². The smallest absolute Gasteiger partial charge is 0.399 e. The Morgan fingerprint density at radius 3 is 2.34 bits per heavy atom. The average Bonchev–Trinajstić information content (AvgIpc) is 2.71. The van der Waals surface area contributed by atoms with Crippen LogP contribution in [-0.4, -0.2) is 22.0 Å². The van der Waals surface area contributed by atoms with Crippen molar-refractivity contribution in [1.29, 1.82) is 0 Å². The van der Waals surface area contributed by atoms with Crippen LogP contribution in [0.4, 0.5) is 13.2 Å². The molecule has 0 saturated carbocycles. The Morgan fingerprint density at radius 2 is 1.75 bits per heavy atom. The lowest BCUT2D eigenvalue weighted by atomic mass is 9.96. The zero-order chi connectivity index (χ0) is 23.3. The molecule has 0 N–H and O–H groups in total. The Balaban J connectivity index is 1.82. The Hall–Kier alpha value is -2.90. The van der Waals surface area contributed by atoms with E-state index in [9.17, 15) is 18.3 Å². The summed E-state index contributed by atoms with van der Waals surface area (Å²) in [7, 11) is 0. The van der Waals surface area contributed by atoms with Crippen molar-refractivity contribution in [3.05, 3.63) is 99.1 Å². The summed E-state index contributed by atoms with van der Waals surface area (Å²) in [6, 6.07) is 8.59. The van der Waals surface area contributed by atoms with E-state index in [4.69, 9.17) is 23.2 Å². The standard InChI is InChI=1S/C23H18Cl2F3N3O/c1-14-6-15(2-4-20(14)22(32)31-12-16-10-29-13-30-11-16)3-5-21(23(26,27)28)17-7-18(24)9-19(25)8-17/h2-11,13,21H,12H2,1H3,(H,31,32)/p-1/b5-3+. The quantitative estimate of drug-likeness (QED) is 0.334. The summed E-state index contributed by atoms with van der Waals surface area (Å²) in [5.41, 5.74) is 2.11. The summed E-state index contributed by atoms with van der Waals surface area (Å²) in [6.45, 7) is 1.83. The molecule has 1 unspecified atom stereocenters. The van der Waals surface area contributed by atoms with E-state index in [1.165, 1.54) is 30.6 Å². The highest BCUT2D eigenvalue weighted by atomic mass is 35.5. The number of aryl methyl sites for hydroxylation is 1. The van der Waals surface area contributed by atoms with Crippen LogP contribution in [0.25, 0.3) is 6.08 Å². The summed E-state index contributed by atoms with van der Waals surface area (Å²) in [6.07, 6.45) is 2.37. The van der Waals surface area contributed by atoms with Crippen LogP contribution in [-0.2, 0) is 6.54 Å². The molecule has 0 fully saturated rings. The molecule has 0 bridgehead atoms. The third-order valence-corrected chi connectivity index (χ3v) is 5.01. The number of allylic oxidation sites excluding steroid dienone is 1. The second-order valence-electron chi connectivity index (χ2n) is 7.02. The molecule has 9 heteroatoms. The minimum Gasteiger partial charge on any atom is -0.858 e. The SMILES string of the molecule is Cc1cc(/C=C/C(c2cc(Cl)cc(Cl)c2)C(F)(F)F)ccc1C([O-])=NCc1cncnc1. The van der Waals surface area contributed by atoms with E-state index in [0.29, 0.717) is 22.3 Å². The normalized spacial score (nSPS) is 13.5. The number of aromatic nitrogens is 2. The van der Waals surface area contributed by atoms with Crippen molar-refractivity contribution in [2.75, 3.05) is 0 Å². The van der Waals surface area contributed by atoms with Gasteiger partial charge in [-0.1, -0.05) is 53.6 Å². The Morgan fingerprint density at radius 1 is 1.09 bits per heavy atom. The zero-order valence-corrected chi connectivity index (χ0v) is 18.3. The van der Waals surface area contributed by atoms with E-state index < -0.39 is 18.0 Å². The third-order valence-electron chi connectivity index (χ3n) is 4.58. The van der Waals surface area contributed by atoms with Gasteiger partial charge in [-0.3, -0.25) is 4.99 Å². The number of nitrogens with zero attached hydrogens (tertiary/aromatic N) is 3. The van der Waals surface area contributed by atoms with Crippen molar-refractivity contribution >= 4 is 35.2 Å². The Labute approximate surface area is 193 Å². The summed E-state index contributed by atoms with van der Waals surface area (Å²) in [5, 5.41) is 12.6. The van der Waals surface area contributed by atoms with Gasteiger partial charge in [0.2, 0.25) is 0 Å². The van der Waals surface area contributed by atoms with Gasteiger partial charge in [-0.2, -0.15) is 13.2 Å². The number of halogens is 5. The van der Waals surface area contributed by atoms with E-state index in [0.717, 1.165) is 6.08 Å². The van der Waals surface area contributed by atoms with Gasteiger partial charge in [-0.05, 0) is 53.3 Å². The van der Waals surface area contributed by atoms with Gasteiger partial charge in [-0.25, -0.2) is 9.97 Å². The molecule has 0 radical (unpaired) electrons. The monoisotopic (exact) mass is 478 g/mol. The maximum atomic E-state index is 13.6. The second-order valence-corrected chi connectivity index (χ2v) is 7.90. The molecule has 32 heavy (non-hydrogen) atoms. The summed E-state index contributed by atoms with van der Waals surface area (Å²) in [5.74, 6) is -2.31. The highest BCUT2D eigenvalue weighted by Gasteiger charge is 2.39. The fourth-order valence-corrected chi connectivity index (χ4v) is 3.60. The Kier molecular flexibility index (Phi) is 7.53. The largest absolute Gasteiger partial charge is 0.858 e. The minimum absolute atomic E-state index is 0.0570. The second kappa shape index (κ2) is 10.1. The number of alkyl halides is 3. The van der Waals surface area contributed by atoms with Crippen molar-refractivity contribution in [3.63, 3.8) is 0 Å². The third kappa shape index (κ3) is 6.31. The highest BCUT2D eigenvalue weighted by Crippen LogP contribution is 2.38. The van der Waals surface area contributed by atoms with E-state index in [1.54, 1.807) is 37.5 Å². The lowest BCUT2D eigenvalue weighted by Gasteiger charge is -2.18. The summed E-state index contributed by atoms with van der Waals surface area (Å²) < 4.78 is 40.9. The van der Waals surface area contributed by atoms with Gasteiger partial charge in [0.25, 0.3) is 0 Å². The van der Waals surface area contributed by atoms with Gasteiger partial charge >= 0.3 is 6.18 Å². The molecule has 1 aromatic heterocycles. The van der Waals surface area contributed by atoms with Crippen molar-refractivity contribution < 1.29 is 18.3 Å². The minimum atomic E-state index is -4.53. The van der Waals surface area contributed by atoms with Gasteiger partial charge in [0.15, 0.2) is 0 Å². The van der Waals surface area contributed by atoms with Crippen LogP contribution >= 0.6 is 23.2 Å². The molecule has 0 aliphatic rings. The zero-order valence-electron chi connectivity index (χ0n) is 16.8. The van der Waals surface area contributed by atoms with E-state index in [2.05, 4.69) is 15.0 Å². The molecule has 1 atom stereocenters. The molecule has 0 amide bonds. The van der Waals surface area contributed by atoms with Crippen LogP contribution in [0, 0.1) is 6.92 Å². The fourth-order valence-electron chi connectivity index (χ4n) is 3.06. The topological polar surface area (TPSA) is 61.2 Å². The molecule has 0 saturated heterocycles. The van der Waals surface area contributed by atoms with Crippen LogP contribution in [0.5, 0.6) is 0 Å². The number of hydrogen-bond donors (Lipinski definition) is 0. The number of hydrogen-bond acceptors (Lipinski definition) is 4. The first-order chi connectivity index (χ1) is 15.1. The first-order valence-corrected chi connectivity index (χ1v) is 10.2. The van der Waals surface area contributed by atoms with Crippen molar-refractivity contribution in [2.45, 2.75) is 25.6 Å². The van der Waals surface area contributed by atoms with E-state index in [1.807, 2.05) is 0 Å². The molecule has 1 heterocycles. The molecule has 0 spiro atoms. The molecule has 0 aliphatic heterocycles. The Bertz CT molecular complexity index is 1130. The predicted octanol–water partition coefficient (Wildman–Crippen LogP) is 5.76. The molecular formula is C23H17Cl2F3N3O-. The van der Waals surface area contributed by atoms with Crippen molar-refractivity contribution in [2.24, 2.45) is 4.99 Å².